The first-order valence-corrected chi connectivity index (χ1v) is 14.8. The topological polar surface area (TPSA) is 179 Å². The zero-order valence-electron chi connectivity index (χ0n) is 26.3. The first kappa shape index (κ1) is 35.8. The molecule has 1 heterocycles. The predicted molar refractivity (Wildman–Crippen MR) is 163 cm³/mol. The lowest BCUT2D eigenvalue weighted by Crippen LogP contribution is -2.55. The number of Topliss-reactive ketones (excluding diaryl/α,β-unsaturated/α-hetero) is 1. The lowest BCUT2D eigenvalue weighted by molar-refractivity contribution is -0.141. The first-order valence-electron chi connectivity index (χ1n) is 14.8. The van der Waals surface area contributed by atoms with Crippen LogP contribution in [-0.2, 0) is 46.4 Å². The molecule has 0 spiro atoms. The molecule has 0 bridgehead atoms. The van der Waals surface area contributed by atoms with E-state index in [-0.39, 0.29) is 18.1 Å². The van der Waals surface area contributed by atoms with Gasteiger partial charge < -0.3 is 21.1 Å². The highest BCUT2D eigenvalue weighted by Gasteiger charge is 2.30. The van der Waals surface area contributed by atoms with E-state index in [1.807, 2.05) is 26.8 Å². The Bertz CT molecular complexity index is 1290. The van der Waals surface area contributed by atoms with E-state index < -0.39 is 59.5 Å². The van der Waals surface area contributed by atoms with Crippen LogP contribution in [-0.4, -0.2) is 69.9 Å². The molecule has 5 amide bonds. The van der Waals surface area contributed by atoms with Crippen LogP contribution in [0.1, 0.15) is 78.4 Å². The Hall–Kier alpha value is -4.35. The van der Waals surface area contributed by atoms with Crippen molar-refractivity contribution in [1.29, 1.82) is 0 Å². The molecule has 1 aliphatic rings. The van der Waals surface area contributed by atoms with Crippen LogP contribution in [0.25, 0.3) is 0 Å². The van der Waals surface area contributed by atoms with Gasteiger partial charge in [-0.25, -0.2) is 0 Å². The summed E-state index contributed by atoms with van der Waals surface area (Å²) in [5.74, 6) is -4.13. The third-order valence-electron chi connectivity index (χ3n) is 7.24. The lowest BCUT2D eigenvalue weighted by atomic mass is 9.86. The van der Waals surface area contributed by atoms with Crippen LogP contribution in [0, 0.1) is 11.3 Å². The van der Waals surface area contributed by atoms with Crippen molar-refractivity contribution >= 4 is 47.0 Å². The van der Waals surface area contributed by atoms with E-state index in [0.717, 1.165) is 28.2 Å². The van der Waals surface area contributed by atoms with Gasteiger partial charge in [0.1, 0.15) is 24.4 Å². The number of rotatable bonds is 16. The van der Waals surface area contributed by atoms with Crippen molar-refractivity contribution in [3.8, 4) is 0 Å². The van der Waals surface area contributed by atoms with Crippen molar-refractivity contribution in [3.05, 3.63) is 41.5 Å². The monoisotopic (exact) mass is 612 g/mol. The molecule has 44 heavy (non-hydrogen) atoms. The summed E-state index contributed by atoms with van der Waals surface area (Å²) in [4.78, 5) is 86.2. The molecule has 1 aromatic rings. The number of anilines is 1. The number of benzene rings is 1. The summed E-state index contributed by atoms with van der Waals surface area (Å²) >= 11 is 0. The quantitative estimate of drug-likeness (QED) is 0.162. The Labute approximate surface area is 258 Å². The zero-order chi connectivity index (χ0) is 33.2. The number of aliphatic carboxylic acids is 1. The van der Waals surface area contributed by atoms with Gasteiger partial charge in [-0.05, 0) is 61.8 Å². The number of carbonyl (C=O) groups excluding carboxylic acids is 6. The maximum absolute atomic E-state index is 13.0. The molecule has 0 fully saturated rings. The summed E-state index contributed by atoms with van der Waals surface area (Å²) in [6, 6.07) is 3.37. The van der Waals surface area contributed by atoms with Gasteiger partial charge in [0.2, 0.25) is 17.7 Å². The first-order chi connectivity index (χ1) is 20.5. The highest BCUT2D eigenvalue weighted by molar-refractivity contribution is 6.14. The Morgan fingerprint density at radius 3 is 2.05 bits per heavy atom. The van der Waals surface area contributed by atoms with Crippen LogP contribution >= 0.6 is 0 Å². The highest BCUT2D eigenvalue weighted by atomic mass is 16.4. The molecule has 2 rings (SSSR count). The molecule has 0 saturated carbocycles. The van der Waals surface area contributed by atoms with Crippen molar-refractivity contribution in [2.75, 3.05) is 11.9 Å². The molecular weight excluding hydrogens is 568 g/mol. The zero-order valence-corrected chi connectivity index (χ0v) is 26.3. The molecule has 0 aliphatic carbocycles. The van der Waals surface area contributed by atoms with Gasteiger partial charge in [-0.2, -0.15) is 0 Å². The number of carboxylic acid groups (broad SMARTS) is 1. The van der Waals surface area contributed by atoms with Crippen molar-refractivity contribution in [2.24, 2.45) is 11.3 Å². The molecule has 0 radical (unpaired) electrons. The standard InChI is InChI=1S/C32H44N4O8/c1-19(2)29(35-25(38)18-36-26(39)15-16-27(36)40)31(44)33-20(3)30(43)34-23-13-11-21(12-14-24(37)32(4,5)6)22(17-23)9-7-8-10-28(41)42/h11,13,15-17,19-20,29H,7-10,12,14,18H2,1-6H3,(H,33,44)(H,34,43)(H,35,38)(H,41,42)/t20-,29-/m0/s1. The SMILES string of the molecule is CC(C)[C@H](NC(=O)CN1C(=O)C=CC1=O)C(=O)N[C@@H](C)C(=O)Nc1ccc(CCC(=O)C(C)(C)C)c(CCCCC(=O)O)c1. The Morgan fingerprint density at radius 1 is 0.841 bits per heavy atom. The number of carbonyl (C=O) groups is 7. The maximum Gasteiger partial charge on any atom is 0.303 e. The summed E-state index contributed by atoms with van der Waals surface area (Å²) in [5.41, 5.74) is 1.87. The van der Waals surface area contributed by atoms with Crippen LogP contribution in [0.3, 0.4) is 0 Å². The molecule has 4 N–H and O–H groups in total. The number of ketones is 1. The Morgan fingerprint density at radius 2 is 1.48 bits per heavy atom. The summed E-state index contributed by atoms with van der Waals surface area (Å²) < 4.78 is 0. The maximum atomic E-state index is 13.0. The Balaban J connectivity index is 2.06. The average molecular weight is 613 g/mol. The van der Waals surface area contributed by atoms with E-state index >= 15 is 0 Å². The molecule has 12 heteroatoms. The highest BCUT2D eigenvalue weighted by Crippen LogP contribution is 2.23. The summed E-state index contributed by atoms with van der Waals surface area (Å²) in [6.45, 7) is 9.99. The van der Waals surface area contributed by atoms with Crippen LogP contribution in [0.15, 0.2) is 30.4 Å². The second-order valence-corrected chi connectivity index (χ2v) is 12.4. The Kier molecular flexibility index (Phi) is 13.0. The second kappa shape index (κ2) is 15.9. The van der Waals surface area contributed by atoms with Crippen LogP contribution < -0.4 is 16.0 Å². The van der Waals surface area contributed by atoms with Gasteiger partial charge in [0.15, 0.2) is 0 Å². The number of aryl methyl sites for hydroxylation is 2. The van der Waals surface area contributed by atoms with Gasteiger partial charge in [0.05, 0.1) is 0 Å². The fourth-order valence-electron chi connectivity index (χ4n) is 4.50. The number of imide groups is 1. The minimum Gasteiger partial charge on any atom is -0.481 e. The number of nitrogens with one attached hydrogen (secondary N) is 3. The van der Waals surface area contributed by atoms with Crippen molar-refractivity contribution in [1.82, 2.24) is 15.5 Å². The van der Waals surface area contributed by atoms with Gasteiger partial charge in [-0.15, -0.1) is 0 Å². The van der Waals surface area contributed by atoms with Crippen molar-refractivity contribution < 1.29 is 38.7 Å². The van der Waals surface area contributed by atoms with E-state index in [1.165, 1.54) is 6.92 Å². The van der Waals surface area contributed by atoms with E-state index in [0.29, 0.717) is 37.8 Å². The van der Waals surface area contributed by atoms with Crippen LogP contribution in [0.2, 0.25) is 0 Å². The molecule has 2 atom stereocenters. The number of amides is 5. The normalized spacial score (nSPS) is 14.4. The van der Waals surface area contributed by atoms with Gasteiger partial charge in [-0.1, -0.05) is 40.7 Å². The summed E-state index contributed by atoms with van der Waals surface area (Å²) in [6.07, 6.45) is 4.73. The number of carboxylic acids is 1. The molecule has 0 saturated heterocycles. The van der Waals surface area contributed by atoms with E-state index in [9.17, 15) is 33.6 Å². The molecule has 1 aromatic carbocycles. The van der Waals surface area contributed by atoms with E-state index in [2.05, 4.69) is 16.0 Å². The largest absolute Gasteiger partial charge is 0.481 e. The van der Waals surface area contributed by atoms with Gasteiger partial charge in [0, 0.05) is 36.1 Å². The van der Waals surface area contributed by atoms with Gasteiger partial charge >= 0.3 is 5.97 Å². The third kappa shape index (κ3) is 11.1. The van der Waals surface area contributed by atoms with E-state index in [4.69, 9.17) is 5.11 Å². The number of unbranched alkanes of at least 4 members (excludes halogenated alkanes) is 1. The molecule has 1 aliphatic heterocycles. The third-order valence-corrected chi connectivity index (χ3v) is 7.24. The van der Waals surface area contributed by atoms with Crippen molar-refractivity contribution in [2.45, 2.75) is 92.2 Å². The van der Waals surface area contributed by atoms with Crippen LogP contribution in [0.5, 0.6) is 0 Å². The minimum atomic E-state index is -1.02. The molecule has 240 valence electrons. The second-order valence-electron chi connectivity index (χ2n) is 12.4. The molecule has 0 aromatic heterocycles. The predicted octanol–water partition coefficient (Wildman–Crippen LogP) is 2.54. The number of hydrogen-bond donors (Lipinski definition) is 4. The van der Waals surface area contributed by atoms with E-state index in [1.54, 1.807) is 26.0 Å². The molecular formula is C32H44N4O8. The fraction of sp³-hybridized carbons (Fsp3) is 0.531. The summed E-state index contributed by atoms with van der Waals surface area (Å²) in [7, 11) is 0. The lowest BCUT2D eigenvalue weighted by Gasteiger charge is -2.24. The minimum absolute atomic E-state index is 0.0506. The fourth-order valence-corrected chi connectivity index (χ4v) is 4.50. The number of nitrogens with zero attached hydrogens (tertiary/aromatic N) is 1. The summed E-state index contributed by atoms with van der Waals surface area (Å²) in [5, 5.41) is 16.9. The number of hydrogen-bond acceptors (Lipinski definition) is 7. The van der Waals surface area contributed by atoms with Gasteiger partial charge in [-0.3, -0.25) is 38.5 Å². The van der Waals surface area contributed by atoms with Crippen molar-refractivity contribution in [3.63, 3.8) is 0 Å². The molecule has 0 unspecified atom stereocenters. The average Bonchev–Trinajstić information content (AvgIpc) is 3.24. The smallest absolute Gasteiger partial charge is 0.303 e. The van der Waals surface area contributed by atoms with Crippen LogP contribution in [0.4, 0.5) is 5.69 Å². The van der Waals surface area contributed by atoms with Gasteiger partial charge in [0.25, 0.3) is 11.8 Å². The molecule has 12 nitrogen and oxygen atoms in total.